The van der Waals surface area contributed by atoms with Crippen molar-refractivity contribution < 1.29 is 32.6 Å². The van der Waals surface area contributed by atoms with Gasteiger partial charge >= 0.3 is 11.8 Å². The highest BCUT2D eigenvalue weighted by atomic mass is 32.2. The number of nitrogens with zero attached hydrogens (tertiary/aromatic N) is 1. The second-order valence-electron chi connectivity index (χ2n) is 7.12. The van der Waals surface area contributed by atoms with E-state index in [0.29, 0.717) is 24.7 Å². The van der Waals surface area contributed by atoms with Crippen LogP contribution in [0.5, 0.6) is 5.75 Å². The van der Waals surface area contributed by atoms with Crippen LogP contribution in [-0.4, -0.2) is 45.4 Å². The van der Waals surface area contributed by atoms with Crippen LogP contribution in [0.1, 0.15) is 32.6 Å². The molecule has 0 radical (unpaired) electrons. The van der Waals surface area contributed by atoms with Gasteiger partial charge in [0.25, 0.3) is 0 Å². The molecule has 178 valence electrons. The van der Waals surface area contributed by atoms with Crippen molar-refractivity contribution in [2.45, 2.75) is 43.5 Å². The summed E-state index contributed by atoms with van der Waals surface area (Å²) in [6, 6.07) is 10.7. The maximum Gasteiger partial charge on any atom is 0.313 e. The number of esters is 1. The monoisotopic (exact) mass is 476 g/mol. The largest absolute Gasteiger partial charge is 0.494 e. The molecule has 9 nitrogen and oxygen atoms in total. The maximum atomic E-state index is 12.8. The molecule has 0 spiro atoms. The van der Waals surface area contributed by atoms with Crippen molar-refractivity contribution in [3.05, 3.63) is 48.7 Å². The number of pyridine rings is 1. The zero-order chi connectivity index (χ0) is 24.1. The summed E-state index contributed by atoms with van der Waals surface area (Å²) < 4.78 is 39.6. The number of anilines is 1. The lowest BCUT2D eigenvalue weighted by Gasteiger charge is -2.16. The number of rotatable bonds is 14. The molecular weight excluding hydrogens is 446 g/mol. The molecule has 1 aromatic heterocycles. The summed E-state index contributed by atoms with van der Waals surface area (Å²) in [6.45, 7) is 2.92. The number of terminal acetylenes is 1. The first-order valence-corrected chi connectivity index (χ1v) is 12.1. The molecule has 1 aromatic carbocycles. The van der Waals surface area contributed by atoms with Crippen molar-refractivity contribution in [1.82, 2.24) is 4.72 Å². The molecule has 1 atom stereocenters. The summed E-state index contributed by atoms with van der Waals surface area (Å²) in [4.78, 5) is 11.7. The third-order valence-electron chi connectivity index (χ3n) is 4.51. The van der Waals surface area contributed by atoms with Crippen LogP contribution in [0.3, 0.4) is 0 Å². The van der Waals surface area contributed by atoms with Crippen molar-refractivity contribution in [3.63, 3.8) is 0 Å². The van der Waals surface area contributed by atoms with Crippen LogP contribution in [0.2, 0.25) is 0 Å². The van der Waals surface area contributed by atoms with Crippen LogP contribution in [0.4, 0.5) is 5.82 Å². The molecule has 0 saturated carbocycles. The number of carbonyl (C=O) groups excluding carboxylic acids is 1. The molecule has 0 amide bonds. The molecule has 0 bridgehead atoms. The van der Waals surface area contributed by atoms with Crippen molar-refractivity contribution >= 4 is 21.8 Å². The molecule has 0 aliphatic carbocycles. The fourth-order valence-corrected chi connectivity index (χ4v) is 4.22. The van der Waals surface area contributed by atoms with Crippen LogP contribution in [0.25, 0.3) is 0 Å². The summed E-state index contributed by atoms with van der Waals surface area (Å²) >= 11 is 0. The smallest absolute Gasteiger partial charge is 0.313 e. The van der Waals surface area contributed by atoms with Crippen molar-refractivity contribution in [3.8, 4) is 18.1 Å². The number of benzene rings is 1. The Hall–Kier alpha value is -3.29. The van der Waals surface area contributed by atoms with Gasteiger partial charge in [-0.15, -0.1) is 12.3 Å². The lowest BCUT2D eigenvalue weighted by molar-refractivity contribution is -0.893. The van der Waals surface area contributed by atoms with Crippen LogP contribution in [-0.2, 0) is 19.6 Å². The van der Waals surface area contributed by atoms with Crippen molar-refractivity contribution in [2.24, 2.45) is 0 Å². The first kappa shape index (κ1) is 26.0. The van der Waals surface area contributed by atoms with E-state index in [2.05, 4.69) is 16.0 Å². The van der Waals surface area contributed by atoms with E-state index in [1.54, 1.807) is 31.2 Å². The summed E-state index contributed by atoms with van der Waals surface area (Å²) in [5.74, 6) is 2.87. The molecule has 0 fully saturated rings. The van der Waals surface area contributed by atoms with E-state index in [0.717, 1.165) is 17.6 Å². The first-order valence-electron chi connectivity index (χ1n) is 10.6. The van der Waals surface area contributed by atoms with Crippen molar-refractivity contribution in [1.29, 1.82) is 0 Å². The van der Waals surface area contributed by atoms with Gasteiger partial charge in [0.15, 0.2) is 0 Å². The van der Waals surface area contributed by atoms with E-state index in [9.17, 15) is 18.4 Å². The minimum Gasteiger partial charge on any atom is -0.494 e. The Kier molecular flexibility index (Phi) is 10.5. The summed E-state index contributed by atoms with van der Waals surface area (Å²) in [6.07, 6.45) is 8.27. The Balaban J connectivity index is 1.85. The second kappa shape index (κ2) is 13.3. The van der Waals surface area contributed by atoms with E-state index >= 15 is 0 Å². The van der Waals surface area contributed by atoms with Gasteiger partial charge < -0.3 is 14.7 Å². The molecule has 2 aromatic rings. The third-order valence-corrected chi connectivity index (χ3v) is 6.02. The molecule has 0 aliphatic heterocycles. The van der Waals surface area contributed by atoms with E-state index in [1.807, 2.05) is 6.07 Å². The molecule has 10 heteroatoms. The average molecular weight is 477 g/mol. The Morgan fingerprint density at radius 2 is 2.06 bits per heavy atom. The van der Waals surface area contributed by atoms with Gasteiger partial charge in [-0.3, -0.25) is 10.1 Å². The van der Waals surface area contributed by atoms with Gasteiger partial charge in [0.05, 0.1) is 31.1 Å². The van der Waals surface area contributed by atoms with Crippen molar-refractivity contribution in [2.75, 3.05) is 25.1 Å². The van der Waals surface area contributed by atoms with Gasteiger partial charge in [-0.25, -0.2) is 13.1 Å². The van der Waals surface area contributed by atoms with Crippen LogP contribution in [0.15, 0.2) is 53.6 Å². The predicted octanol–water partition coefficient (Wildman–Crippen LogP) is 2.11. The number of sulfonamides is 1. The van der Waals surface area contributed by atoms with E-state index in [1.165, 1.54) is 18.3 Å². The molecule has 0 aliphatic rings. The van der Waals surface area contributed by atoms with E-state index in [-0.39, 0.29) is 24.3 Å². The lowest BCUT2D eigenvalue weighted by atomic mass is 10.1. The zero-order valence-electron chi connectivity index (χ0n) is 18.6. The van der Waals surface area contributed by atoms with Gasteiger partial charge in [0.2, 0.25) is 10.0 Å². The Labute approximate surface area is 194 Å². The van der Waals surface area contributed by atoms with Gasteiger partial charge in [-0.1, -0.05) is 16.9 Å². The Morgan fingerprint density at radius 1 is 1.24 bits per heavy atom. The highest BCUT2D eigenvalue weighted by Gasteiger charge is 2.22. The minimum atomic E-state index is -3.91. The predicted molar refractivity (Wildman–Crippen MR) is 122 cm³/mol. The summed E-state index contributed by atoms with van der Waals surface area (Å²) in [7, 11) is -3.91. The molecule has 0 unspecified atom stereocenters. The molecule has 1 heterocycles. The topological polar surface area (TPSA) is 118 Å². The van der Waals surface area contributed by atoms with Crippen LogP contribution < -0.4 is 19.5 Å². The van der Waals surface area contributed by atoms with Crippen LogP contribution >= 0.6 is 0 Å². The van der Waals surface area contributed by atoms with Gasteiger partial charge in [0, 0.05) is 24.6 Å². The number of aromatic nitrogens is 1. The number of unbranched alkanes of at least 4 members (excludes halogenated alkanes) is 1. The quantitative estimate of drug-likeness (QED) is 0.126. The highest BCUT2D eigenvalue weighted by molar-refractivity contribution is 7.89. The highest BCUT2D eigenvalue weighted by Crippen LogP contribution is 2.19. The second-order valence-corrected chi connectivity index (χ2v) is 8.84. The van der Waals surface area contributed by atoms with Gasteiger partial charge in [-0.05, 0) is 38.0 Å². The number of nitrogens with one attached hydrogen (secondary N) is 2. The number of ether oxygens (including phenoxy) is 2. The van der Waals surface area contributed by atoms with Crippen LogP contribution in [0, 0.1) is 12.3 Å². The fraction of sp³-hybridized carbons (Fsp3) is 0.391. The van der Waals surface area contributed by atoms with Gasteiger partial charge in [0.1, 0.15) is 11.9 Å². The van der Waals surface area contributed by atoms with E-state index < -0.39 is 22.0 Å². The maximum absolute atomic E-state index is 12.8. The fourth-order valence-electron chi connectivity index (χ4n) is 2.95. The zero-order valence-corrected chi connectivity index (χ0v) is 19.4. The van der Waals surface area contributed by atoms with Gasteiger partial charge in [-0.2, -0.15) is 0 Å². The molecule has 2 rings (SSSR count). The Morgan fingerprint density at radius 3 is 2.79 bits per heavy atom. The molecule has 3 N–H and O–H groups in total. The molecule has 33 heavy (non-hydrogen) atoms. The molecule has 0 saturated heterocycles. The molecular formula is C23H30N3O6S+. The normalized spacial score (nSPS) is 11.9. The number of carbonyl (C=O) groups is 1. The standard InChI is InChI=1S/C23H29N3O6S/c1-3-10-19(17-23(27)31-4-2)25-33(29,30)21-12-9-11-20(18-21)32-16-8-6-14-24-22-13-5-7-15-26(22)28/h1,5,7,9,11-13,15,18-19,25,28H,4,6,8,10,14,16-17H2,2H3/p+1/t19-/m0/s1. The minimum absolute atomic E-state index is 0.0177. The third kappa shape index (κ3) is 9.00. The summed E-state index contributed by atoms with van der Waals surface area (Å²) in [5, 5.41) is 12.8. The lowest BCUT2D eigenvalue weighted by Crippen LogP contribution is -2.36. The SMILES string of the molecule is C#CC[C@@H](CC(=O)OCC)NS(=O)(=O)c1cccc(OCCCCNc2cccc[n+]2O)c1. The van der Waals surface area contributed by atoms with E-state index in [4.69, 9.17) is 15.9 Å². The Bertz CT molecular complexity index is 1050. The number of hydrogen-bond donors (Lipinski definition) is 3. The summed E-state index contributed by atoms with van der Waals surface area (Å²) in [5.41, 5.74) is 0. The number of hydrogen-bond acceptors (Lipinski definition) is 7. The average Bonchev–Trinajstić information content (AvgIpc) is 2.77. The first-order chi connectivity index (χ1) is 15.9.